The first-order valence-corrected chi connectivity index (χ1v) is 7.66. The minimum absolute atomic E-state index is 0. The number of nitrogens with one attached hydrogen (secondary N) is 2. The molecular weight excluding hydrogens is 312 g/mol. The van der Waals surface area contributed by atoms with Crippen molar-refractivity contribution in [2.75, 3.05) is 11.9 Å². The maximum atomic E-state index is 12.4. The van der Waals surface area contributed by atoms with Crippen molar-refractivity contribution >= 4 is 24.0 Å². The largest absolute Gasteiger partial charge is 0.320 e. The SMILES string of the molecule is CCNCc1ccccc1NC(=O)c1cc(C(C)C)n(C)n1.Cl. The number of rotatable bonds is 6. The normalized spacial score (nSPS) is 10.5. The zero-order chi connectivity index (χ0) is 16.1. The number of halogens is 1. The summed E-state index contributed by atoms with van der Waals surface area (Å²) in [5.74, 6) is 0.159. The van der Waals surface area contributed by atoms with Gasteiger partial charge in [0.25, 0.3) is 5.91 Å². The van der Waals surface area contributed by atoms with Gasteiger partial charge in [0.05, 0.1) is 0 Å². The summed E-state index contributed by atoms with van der Waals surface area (Å²) in [4.78, 5) is 12.4. The third kappa shape index (κ3) is 4.81. The van der Waals surface area contributed by atoms with E-state index in [2.05, 4.69) is 36.5 Å². The molecule has 0 spiro atoms. The van der Waals surface area contributed by atoms with Gasteiger partial charge in [0, 0.05) is 25.0 Å². The summed E-state index contributed by atoms with van der Waals surface area (Å²) in [5.41, 5.74) is 3.39. The standard InChI is InChI=1S/C17H24N4O.ClH/c1-5-18-11-13-8-6-7-9-14(13)19-17(22)15-10-16(12(2)3)21(4)20-15;/h6-10,12,18H,5,11H2,1-4H3,(H,19,22);1H. The van der Waals surface area contributed by atoms with Crippen molar-refractivity contribution in [3.05, 3.63) is 47.3 Å². The first-order chi connectivity index (χ1) is 10.5. The van der Waals surface area contributed by atoms with Crippen molar-refractivity contribution in [3.63, 3.8) is 0 Å². The van der Waals surface area contributed by atoms with Crippen LogP contribution in [0.1, 0.15) is 48.4 Å². The number of hydrogen-bond donors (Lipinski definition) is 2. The fourth-order valence-corrected chi connectivity index (χ4v) is 2.38. The molecule has 1 aromatic heterocycles. The molecule has 1 amide bonds. The van der Waals surface area contributed by atoms with E-state index in [4.69, 9.17) is 0 Å². The van der Waals surface area contributed by atoms with E-state index in [-0.39, 0.29) is 18.3 Å². The van der Waals surface area contributed by atoms with E-state index in [0.29, 0.717) is 11.6 Å². The lowest BCUT2D eigenvalue weighted by atomic mass is 10.1. The Labute approximate surface area is 143 Å². The molecule has 6 heteroatoms. The number of benzene rings is 1. The molecule has 0 atom stereocenters. The van der Waals surface area contributed by atoms with Crippen molar-refractivity contribution in [1.29, 1.82) is 0 Å². The number of aromatic nitrogens is 2. The molecule has 0 aliphatic rings. The van der Waals surface area contributed by atoms with Gasteiger partial charge in [-0.05, 0) is 30.2 Å². The van der Waals surface area contributed by atoms with Crippen LogP contribution in [0.15, 0.2) is 30.3 Å². The van der Waals surface area contributed by atoms with Gasteiger partial charge < -0.3 is 10.6 Å². The molecule has 0 radical (unpaired) electrons. The number of para-hydroxylation sites is 1. The van der Waals surface area contributed by atoms with Gasteiger partial charge in [-0.2, -0.15) is 5.10 Å². The number of carbonyl (C=O) groups is 1. The summed E-state index contributed by atoms with van der Waals surface area (Å²) in [6, 6.07) is 9.67. The average Bonchev–Trinajstić information content (AvgIpc) is 2.88. The number of aryl methyl sites for hydroxylation is 1. The Morgan fingerprint density at radius 3 is 2.61 bits per heavy atom. The summed E-state index contributed by atoms with van der Waals surface area (Å²) in [6.07, 6.45) is 0. The van der Waals surface area contributed by atoms with E-state index >= 15 is 0 Å². The lowest BCUT2D eigenvalue weighted by Gasteiger charge is -2.10. The van der Waals surface area contributed by atoms with Crippen molar-refractivity contribution in [2.45, 2.75) is 33.2 Å². The van der Waals surface area contributed by atoms with Gasteiger partial charge in [-0.15, -0.1) is 12.4 Å². The van der Waals surface area contributed by atoms with Crippen molar-refractivity contribution < 1.29 is 4.79 Å². The monoisotopic (exact) mass is 336 g/mol. The number of anilines is 1. The average molecular weight is 337 g/mol. The Balaban J connectivity index is 0.00000264. The van der Waals surface area contributed by atoms with Crippen LogP contribution in [0, 0.1) is 0 Å². The van der Waals surface area contributed by atoms with Gasteiger partial charge in [0.15, 0.2) is 5.69 Å². The third-order valence-electron chi connectivity index (χ3n) is 3.57. The molecule has 0 aliphatic heterocycles. The maximum Gasteiger partial charge on any atom is 0.276 e. The van der Waals surface area contributed by atoms with E-state index in [1.54, 1.807) is 4.68 Å². The molecule has 23 heavy (non-hydrogen) atoms. The van der Waals surface area contributed by atoms with Crippen LogP contribution < -0.4 is 10.6 Å². The number of nitrogens with zero attached hydrogens (tertiary/aromatic N) is 2. The highest BCUT2D eigenvalue weighted by atomic mass is 35.5. The van der Waals surface area contributed by atoms with Crippen LogP contribution in [0.4, 0.5) is 5.69 Å². The van der Waals surface area contributed by atoms with Gasteiger partial charge >= 0.3 is 0 Å². The Morgan fingerprint density at radius 2 is 2.00 bits per heavy atom. The Bertz CT molecular complexity index is 652. The lowest BCUT2D eigenvalue weighted by Crippen LogP contribution is -2.17. The van der Waals surface area contributed by atoms with E-state index in [1.807, 2.05) is 37.4 Å². The quantitative estimate of drug-likeness (QED) is 0.850. The number of carbonyl (C=O) groups excluding carboxylic acids is 1. The minimum Gasteiger partial charge on any atom is -0.320 e. The second-order valence-corrected chi connectivity index (χ2v) is 5.62. The highest BCUT2D eigenvalue weighted by Crippen LogP contribution is 2.18. The van der Waals surface area contributed by atoms with Gasteiger partial charge in [0.1, 0.15) is 0 Å². The topological polar surface area (TPSA) is 58.9 Å². The predicted molar refractivity (Wildman–Crippen MR) is 96.3 cm³/mol. The molecule has 1 heterocycles. The van der Waals surface area contributed by atoms with Crippen LogP contribution in [0.3, 0.4) is 0 Å². The lowest BCUT2D eigenvalue weighted by molar-refractivity contribution is 0.102. The third-order valence-corrected chi connectivity index (χ3v) is 3.57. The molecule has 0 bridgehead atoms. The molecule has 0 saturated heterocycles. The smallest absolute Gasteiger partial charge is 0.276 e. The molecule has 0 unspecified atom stereocenters. The highest BCUT2D eigenvalue weighted by molar-refractivity contribution is 6.03. The zero-order valence-corrected chi connectivity index (χ0v) is 14.9. The summed E-state index contributed by atoms with van der Waals surface area (Å²) < 4.78 is 1.77. The molecule has 0 aliphatic carbocycles. The second-order valence-electron chi connectivity index (χ2n) is 5.62. The molecule has 2 rings (SSSR count). The molecular formula is C17H25ClN4O. The summed E-state index contributed by atoms with van der Waals surface area (Å²) in [5, 5.41) is 10.5. The van der Waals surface area contributed by atoms with Crippen molar-refractivity contribution in [1.82, 2.24) is 15.1 Å². The number of amides is 1. The van der Waals surface area contributed by atoms with Gasteiger partial charge in [-0.3, -0.25) is 9.48 Å². The summed E-state index contributed by atoms with van der Waals surface area (Å²) >= 11 is 0. The van der Waals surface area contributed by atoms with Gasteiger partial charge in [-0.1, -0.05) is 39.0 Å². The molecule has 0 saturated carbocycles. The molecule has 0 fully saturated rings. The maximum absolute atomic E-state index is 12.4. The van der Waals surface area contributed by atoms with Crippen LogP contribution in [0.25, 0.3) is 0 Å². The van der Waals surface area contributed by atoms with Gasteiger partial charge in [-0.25, -0.2) is 0 Å². The molecule has 1 aromatic carbocycles. The van der Waals surface area contributed by atoms with Gasteiger partial charge in [0.2, 0.25) is 0 Å². The van der Waals surface area contributed by atoms with Crippen LogP contribution in [0.2, 0.25) is 0 Å². The van der Waals surface area contributed by atoms with Crippen LogP contribution in [0.5, 0.6) is 0 Å². The van der Waals surface area contributed by atoms with Crippen molar-refractivity contribution in [2.24, 2.45) is 7.05 Å². The second kappa shape index (κ2) is 8.70. The molecule has 126 valence electrons. The summed E-state index contributed by atoms with van der Waals surface area (Å²) in [7, 11) is 1.87. The van der Waals surface area contributed by atoms with Crippen molar-refractivity contribution in [3.8, 4) is 0 Å². The van der Waals surface area contributed by atoms with E-state index in [1.165, 1.54) is 0 Å². The van der Waals surface area contributed by atoms with Crippen LogP contribution in [-0.4, -0.2) is 22.2 Å². The first-order valence-electron chi connectivity index (χ1n) is 7.66. The zero-order valence-electron chi connectivity index (χ0n) is 14.1. The summed E-state index contributed by atoms with van der Waals surface area (Å²) in [6.45, 7) is 7.85. The molecule has 5 nitrogen and oxygen atoms in total. The fourth-order valence-electron chi connectivity index (χ4n) is 2.38. The van der Waals surface area contributed by atoms with E-state index < -0.39 is 0 Å². The minimum atomic E-state index is -0.175. The Morgan fingerprint density at radius 1 is 1.30 bits per heavy atom. The van der Waals surface area contributed by atoms with E-state index in [9.17, 15) is 4.79 Å². The molecule has 2 N–H and O–H groups in total. The fraction of sp³-hybridized carbons (Fsp3) is 0.412. The predicted octanol–water partition coefficient (Wildman–Crippen LogP) is 3.33. The van der Waals surface area contributed by atoms with E-state index in [0.717, 1.165) is 30.0 Å². The highest BCUT2D eigenvalue weighted by Gasteiger charge is 2.15. The number of hydrogen-bond acceptors (Lipinski definition) is 3. The van der Waals surface area contributed by atoms with Crippen LogP contribution >= 0.6 is 12.4 Å². The Kier molecular flexibility index (Phi) is 7.26. The Hall–Kier alpha value is -1.85. The van der Waals surface area contributed by atoms with Crippen LogP contribution in [-0.2, 0) is 13.6 Å². The molecule has 2 aromatic rings. The first kappa shape index (κ1) is 19.2.